The Bertz CT molecular complexity index is 469. The lowest BCUT2D eigenvalue weighted by molar-refractivity contribution is 0.104. The first-order valence-electron chi connectivity index (χ1n) is 8.18. The number of hydrogen-bond acceptors (Lipinski definition) is 2. The molecule has 1 aromatic carbocycles. The summed E-state index contributed by atoms with van der Waals surface area (Å²) in [5, 5.41) is 2.85. The highest BCUT2D eigenvalue weighted by atomic mass is 19.1. The molecule has 1 aromatic rings. The normalized spacial score (nSPS) is 17.3. The van der Waals surface area contributed by atoms with Crippen LogP contribution in [-0.4, -0.2) is 48.6 Å². The third kappa shape index (κ3) is 4.19. The number of nitrogens with zero attached hydrogens (tertiary/aromatic N) is 2. The number of rotatable bonds is 5. The third-order valence-corrected chi connectivity index (χ3v) is 4.19. The molecule has 1 N–H and O–H groups in total. The molecule has 1 aliphatic rings. The van der Waals surface area contributed by atoms with E-state index in [2.05, 4.69) is 17.1 Å². The molecule has 1 aliphatic heterocycles. The van der Waals surface area contributed by atoms with Gasteiger partial charge in [0.15, 0.2) is 0 Å². The molecule has 122 valence electrons. The van der Waals surface area contributed by atoms with Gasteiger partial charge in [-0.3, -0.25) is 4.90 Å². The molecule has 2 amide bonds. The van der Waals surface area contributed by atoms with Gasteiger partial charge >= 0.3 is 6.03 Å². The molecular formula is C17H26FN3O. The number of hydrogen-bond donors (Lipinski definition) is 1. The second kappa shape index (κ2) is 8.13. The van der Waals surface area contributed by atoms with Crippen LogP contribution in [0.3, 0.4) is 0 Å². The number of benzene rings is 1. The zero-order chi connectivity index (χ0) is 15.9. The molecule has 4 nitrogen and oxygen atoms in total. The third-order valence-electron chi connectivity index (χ3n) is 4.19. The molecule has 0 aromatic heterocycles. The van der Waals surface area contributed by atoms with Crippen LogP contribution in [0.4, 0.5) is 9.18 Å². The van der Waals surface area contributed by atoms with Crippen LogP contribution in [-0.2, 0) is 0 Å². The van der Waals surface area contributed by atoms with Gasteiger partial charge in [0.25, 0.3) is 0 Å². The van der Waals surface area contributed by atoms with E-state index in [-0.39, 0.29) is 11.8 Å². The molecule has 1 saturated heterocycles. The van der Waals surface area contributed by atoms with Crippen molar-refractivity contribution < 1.29 is 9.18 Å². The summed E-state index contributed by atoms with van der Waals surface area (Å²) in [6, 6.07) is 7.15. The molecule has 1 heterocycles. The molecule has 1 unspecified atom stereocenters. The first kappa shape index (κ1) is 16.7. The summed E-state index contributed by atoms with van der Waals surface area (Å²) in [4.78, 5) is 16.1. The molecule has 22 heavy (non-hydrogen) atoms. The van der Waals surface area contributed by atoms with E-state index in [1.54, 1.807) is 0 Å². The second-order valence-corrected chi connectivity index (χ2v) is 5.71. The van der Waals surface area contributed by atoms with Gasteiger partial charge in [-0.15, -0.1) is 0 Å². The van der Waals surface area contributed by atoms with Crippen molar-refractivity contribution in [2.45, 2.75) is 32.7 Å². The first-order chi connectivity index (χ1) is 10.7. The fourth-order valence-electron chi connectivity index (χ4n) is 3.02. The van der Waals surface area contributed by atoms with Crippen LogP contribution in [0.25, 0.3) is 0 Å². The Balaban J connectivity index is 1.99. The van der Waals surface area contributed by atoms with Crippen molar-refractivity contribution in [2.24, 2.45) is 0 Å². The van der Waals surface area contributed by atoms with E-state index in [4.69, 9.17) is 0 Å². The number of carbonyl (C=O) groups is 1. The lowest BCUT2D eigenvalue weighted by Gasteiger charge is -2.39. The van der Waals surface area contributed by atoms with Crippen molar-refractivity contribution in [2.75, 3.05) is 32.7 Å². The Morgan fingerprint density at radius 1 is 1.18 bits per heavy atom. The monoisotopic (exact) mass is 307 g/mol. The van der Waals surface area contributed by atoms with Crippen molar-refractivity contribution in [3.8, 4) is 0 Å². The standard InChI is InChI=1S/C17H26FN3O/c1-3-5-16(14-6-8-15(18)9-7-14)20-10-12-21(13-11-20)17(22)19-4-2/h6-9,16H,3-5,10-13H2,1-2H3,(H,19,22). The molecule has 1 fully saturated rings. The number of carbonyl (C=O) groups excluding carboxylic acids is 1. The molecule has 0 bridgehead atoms. The topological polar surface area (TPSA) is 35.6 Å². The number of nitrogens with one attached hydrogen (secondary N) is 1. The molecule has 0 saturated carbocycles. The van der Waals surface area contributed by atoms with Gasteiger partial charge in [-0.1, -0.05) is 25.5 Å². The van der Waals surface area contributed by atoms with E-state index in [0.29, 0.717) is 12.6 Å². The van der Waals surface area contributed by atoms with Crippen LogP contribution in [0.15, 0.2) is 24.3 Å². The zero-order valence-electron chi connectivity index (χ0n) is 13.5. The average Bonchev–Trinajstić information content (AvgIpc) is 2.54. The van der Waals surface area contributed by atoms with Gasteiger partial charge in [-0.25, -0.2) is 9.18 Å². The zero-order valence-corrected chi connectivity index (χ0v) is 13.5. The fraction of sp³-hybridized carbons (Fsp3) is 0.588. The van der Waals surface area contributed by atoms with Crippen LogP contribution in [0, 0.1) is 5.82 Å². The maximum Gasteiger partial charge on any atom is 0.317 e. The predicted molar refractivity (Wildman–Crippen MR) is 86.3 cm³/mol. The van der Waals surface area contributed by atoms with Gasteiger partial charge in [0.2, 0.25) is 0 Å². The molecule has 1 atom stereocenters. The predicted octanol–water partition coefficient (Wildman–Crippen LogP) is 3.01. The number of amides is 2. The summed E-state index contributed by atoms with van der Waals surface area (Å²) in [5.41, 5.74) is 1.16. The minimum Gasteiger partial charge on any atom is -0.338 e. The molecule has 0 radical (unpaired) electrons. The minimum atomic E-state index is -0.194. The number of urea groups is 1. The Morgan fingerprint density at radius 3 is 2.36 bits per heavy atom. The van der Waals surface area contributed by atoms with Gasteiger partial charge in [0.05, 0.1) is 0 Å². The van der Waals surface area contributed by atoms with E-state index >= 15 is 0 Å². The molecule has 0 aliphatic carbocycles. The van der Waals surface area contributed by atoms with Crippen molar-refractivity contribution in [1.82, 2.24) is 15.1 Å². The quantitative estimate of drug-likeness (QED) is 0.907. The smallest absolute Gasteiger partial charge is 0.317 e. The molecular weight excluding hydrogens is 281 g/mol. The summed E-state index contributed by atoms with van der Waals surface area (Å²) in [7, 11) is 0. The van der Waals surface area contributed by atoms with Crippen LogP contribution >= 0.6 is 0 Å². The van der Waals surface area contributed by atoms with Crippen LogP contribution in [0.5, 0.6) is 0 Å². The highest BCUT2D eigenvalue weighted by Crippen LogP contribution is 2.27. The van der Waals surface area contributed by atoms with Gasteiger partial charge in [-0.2, -0.15) is 0 Å². The summed E-state index contributed by atoms with van der Waals surface area (Å²) in [5.74, 6) is -0.194. The van der Waals surface area contributed by atoms with E-state index in [9.17, 15) is 9.18 Å². The van der Waals surface area contributed by atoms with Crippen molar-refractivity contribution in [3.05, 3.63) is 35.6 Å². The largest absolute Gasteiger partial charge is 0.338 e. The van der Waals surface area contributed by atoms with Crippen LogP contribution in [0.1, 0.15) is 38.3 Å². The Kier molecular flexibility index (Phi) is 6.19. The van der Waals surface area contributed by atoms with Gasteiger partial charge in [0.1, 0.15) is 5.82 Å². The lowest BCUT2D eigenvalue weighted by atomic mass is 10.00. The number of halogens is 1. The molecule has 5 heteroatoms. The lowest BCUT2D eigenvalue weighted by Crippen LogP contribution is -2.52. The van der Waals surface area contributed by atoms with E-state index in [0.717, 1.165) is 44.6 Å². The van der Waals surface area contributed by atoms with Gasteiger partial charge in [0, 0.05) is 38.8 Å². The van der Waals surface area contributed by atoms with E-state index in [1.807, 2.05) is 24.0 Å². The summed E-state index contributed by atoms with van der Waals surface area (Å²) >= 11 is 0. The van der Waals surface area contributed by atoms with Crippen LogP contribution < -0.4 is 5.32 Å². The Hall–Kier alpha value is -1.62. The Labute approximate surface area is 132 Å². The fourth-order valence-corrected chi connectivity index (χ4v) is 3.02. The highest BCUT2D eigenvalue weighted by Gasteiger charge is 2.26. The number of piperazine rings is 1. The first-order valence-corrected chi connectivity index (χ1v) is 8.18. The second-order valence-electron chi connectivity index (χ2n) is 5.71. The minimum absolute atomic E-state index is 0.0240. The van der Waals surface area contributed by atoms with Gasteiger partial charge in [-0.05, 0) is 31.0 Å². The maximum absolute atomic E-state index is 13.1. The average molecular weight is 307 g/mol. The summed E-state index contributed by atoms with van der Waals surface area (Å²) in [6.07, 6.45) is 2.13. The highest BCUT2D eigenvalue weighted by molar-refractivity contribution is 5.74. The SMILES string of the molecule is CCCC(c1ccc(F)cc1)N1CCN(C(=O)NCC)CC1. The van der Waals surface area contributed by atoms with E-state index < -0.39 is 0 Å². The van der Waals surface area contributed by atoms with E-state index in [1.165, 1.54) is 12.1 Å². The molecule has 2 rings (SSSR count). The maximum atomic E-state index is 13.1. The summed E-state index contributed by atoms with van der Waals surface area (Å²) < 4.78 is 13.1. The van der Waals surface area contributed by atoms with Crippen LogP contribution in [0.2, 0.25) is 0 Å². The van der Waals surface area contributed by atoms with Gasteiger partial charge < -0.3 is 10.2 Å². The molecule has 0 spiro atoms. The Morgan fingerprint density at radius 2 is 1.82 bits per heavy atom. The summed E-state index contributed by atoms with van der Waals surface area (Å²) in [6.45, 7) is 7.97. The van der Waals surface area contributed by atoms with Crippen molar-refractivity contribution in [3.63, 3.8) is 0 Å². The van der Waals surface area contributed by atoms with Crippen molar-refractivity contribution >= 4 is 6.03 Å². The van der Waals surface area contributed by atoms with Crippen molar-refractivity contribution in [1.29, 1.82) is 0 Å².